The van der Waals surface area contributed by atoms with Gasteiger partial charge in [0.25, 0.3) is 11.8 Å². The zero-order valence-corrected chi connectivity index (χ0v) is 24.4. The Balaban J connectivity index is 1.19. The standard InChI is InChI=1S/C29H33N4O8P/c1-38-24-9-20-22(30-13-18-5-3-7-32(18)28(20)35)11-26(24)40-16-42(37,15-34)17-41-27-12-23-21(10-25(27)39-2)29(36)33-8-4-6-19(33)14-31-23/h9-14,18-19,34H,3-8,15-17H2,1-2H3/t18-,19-/m0/s1. The summed E-state index contributed by atoms with van der Waals surface area (Å²) in [7, 11) is -0.543. The van der Waals surface area contributed by atoms with Crippen molar-refractivity contribution in [1.82, 2.24) is 9.80 Å². The fourth-order valence-electron chi connectivity index (χ4n) is 5.73. The van der Waals surface area contributed by atoms with E-state index in [4.69, 9.17) is 18.9 Å². The van der Waals surface area contributed by atoms with E-state index in [1.54, 1.807) is 46.5 Å². The molecule has 13 heteroatoms. The molecule has 2 fully saturated rings. The lowest BCUT2D eigenvalue weighted by molar-refractivity contribution is 0.0766. The number of carbonyl (C=O) groups excluding carboxylic acids is 2. The van der Waals surface area contributed by atoms with Crippen molar-refractivity contribution in [2.45, 2.75) is 37.8 Å². The Morgan fingerprint density at radius 1 is 0.786 bits per heavy atom. The molecule has 2 aromatic rings. The number of fused-ring (bicyclic) bond motifs is 4. The first-order chi connectivity index (χ1) is 20.3. The number of nitrogens with zero attached hydrogens (tertiary/aromatic N) is 4. The van der Waals surface area contributed by atoms with Crippen LogP contribution in [0.1, 0.15) is 46.4 Å². The molecular formula is C29H33N4O8P. The summed E-state index contributed by atoms with van der Waals surface area (Å²) in [4.78, 5) is 38.9. The summed E-state index contributed by atoms with van der Waals surface area (Å²) in [5.74, 6) is 0.823. The molecular weight excluding hydrogens is 563 g/mol. The molecule has 0 bridgehead atoms. The average molecular weight is 597 g/mol. The van der Waals surface area contributed by atoms with Crippen molar-refractivity contribution in [3.8, 4) is 23.0 Å². The third-order valence-corrected chi connectivity index (χ3v) is 9.80. The van der Waals surface area contributed by atoms with E-state index < -0.39 is 13.5 Å². The van der Waals surface area contributed by atoms with Crippen molar-refractivity contribution < 1.29 is 38.2 Å². The van der Waals surface area contributed by atoms with Crippen LogP contribution in [0, 0.1) is 0 Å². The molecule has 4 aliphatic heterocycles. The lowest BCUT2D eigenvalue weighted by Gasteiger charge is -2.22. The van der Waals surface area contributed by atoms with Crippen molar-refractivity contribution in [3.63, 3.8) is 0 Å². The number of methoxy groups -OCH3 is 2. The van der Waals surface area contributed by atoms with Gasteiger partial charge in [-0.05, 0) is 37.8 Å². The summed E-state index contributed by atoms with van der Waals surface area (Å²) in [5, 5.41) is 10.1. The van der Waals surface area contributed by atoms with Crippen LogP contribution in [0.15, 0.2) is 34.3 Å². The normalized spacial score (nSPS) is 20.8. The molecule has 12 nitrogen and oxygen atoms in total. The molecule has 2 saturated heterocycles. The van der Waals surface area contributed by atoms with Gasteiger partial charge in [0.15, 0.2) is 30.1 Å². The summed E-state index contributed by atoms with van der Waals surface area (Å²) >= 11 is 0. The molecule has 2 atom stereocenters. The first-order valence-corrected chi connectivity index (χ1v) is 16.2. The zero-order chi connectivity index (χ0) is 29.4. The number of carbonyl (C=O) groups is 2. The number of benzene rings is 2. The van der Waals surface area contributed by atoms with E-state index >= 15 is 0 Å². The largest absolute Gasteiger partial charge is 0.493 e. The maximum absolute atomic E-state index is 13.6. The lowest BCUT2D eigenvalue weighted by atomic mass is 10.1. The van der Waals surface area contributed by atoms with Crippen LogP contribution in [0.25, 0.3) is 0 Å². The zero-order valence-electron chi connectivity index (χ0n) is 23.5. The van der Waals surface area contributed by atoms with Crippen LogP contribution >= 0.6 is 7.14 Å². The molecule has 0 saturated carbocycles. The Morgan fingerprint density at radius 3 is 1.64 bits per heavy atom. The first kappa shape index (κ1) is 28.2. The van der Waals surface area contributed by atoms with Crippen LogP contribution in [-0.4, -0.2) is 97.6 Å². The molecule has 4 heterocycles. The maximum Gasteiger partial charge on any atom is 0.256 e. The summed E-state index contributed by atoms with van der Waals surface area (Å²) in [6, 6.07) is 6.25. The Morgan fingerprint density at radius 2 is 1.24 bits per heavy atom. The predicted molar refractivity (Wildman–Crippen MR) is 156 cm³/mol. The Kier molecular flexibility index (Phi) is 7.67. The summed E-state index contributed by atoms with van der Waals surface area (Å²) in [6.45, 7) is 1.34. The van der Waals surface area contributed by atoms with Gasteiger partial charge in [-0.15, -0.1) is 0 Å². The molecule has 0 aliphatic carbocycles. The highest BCUT2D eigenvalue weighted by atomic mass is 31.2. The molecule has 6 rings (SSSR count). The van der Waals surface area contributed by atoms with Gasteiger partial charge in [0.1, 0.15) is 19.0 Å². The summed E-state index contributed by atoms with van der Waals surface area (Å²) in [5.41, 5.74) is 1.69. The second-order valence-corrected chi connectivity index (χ2v) is 13.7. The number of aliphatic hydroxyl groups excluding tert-OH is 1. The van der Waals surface area contributed by atoms with Crippen LogP contribution in [0.4, 0.5) is 11.4 Å². The smallest absolute Gasteiger partial charge is 0.256 e. The SMILES string of the molecule is COc1cc2c(cc1OCP(=O)(CO)COc1cc3c(cc1OC)C(=O)N1CCC[C@H]1C=N3)N=C[C@@H]1CCCN1C2=O. The van der Waals surface area contributed by atoms with Crippen molar-refractivity contribution >= 4 is 42.8 Å². The minimum atomic E-state index is -3.45. The molecule has 2 amide bonds. The second kappa shape index (κ2) is 11.4. The number of ether oxygens (including phenoxy) is 4. The van der Waals surface area contributed by atoms with E-state index in [1.807, 2.05) is 0 Å². The molecule has 0 spiro atoms. The van der Waals surface area contributed by atoms with Crippen molar-refractivity contribution in [2.75, 3.05) is 46.4 Å². The van der Waals surface area contributed by atoms with E-state index in [-0.39, 0.29) is 59.6 Å². The Labute approximate surface area is 243 Å². The summed E-state index contributed by atoms with van der Waals surface area (Å²) in [6.07, 6.45) is 5.74. The van der Waals surface area contributed by atoms with Gasteiger partial charge in [0, 0.05) is 37.7 Å². The van der Waals surface area contributed by atoms with Gasteiger partial charge in [-0.2, -0.15) is 0 Å². The van der Waals surface area contributed by atoms with E-state index in [2.05, 4.69) is 9.98 Å². The average Bonchev–Trinajstić information content (AvgIpc) is 3.64. The van der Waals surface area contributed by atoms with Crippen LogP contribution in [-0.2, 0) is 4.57 Å². The number of hydrogen-bond acceptors (Lipinski definition) is 10. The molecule has 2 aromatic carbocycles. The molecule has 4 aliphatic rings. The monoisotopic (exact) mass is 596 g/mol. The minimum Gasteiger partial charge on any atom is -0.493 e. The van der Waals surface area contributed by atoms with Gasteiger partial charge >= 0.3 is 0 Å². The molecule has 42 heavy (non-hydrogen) atoms. The van der Waals surface area contributed by atoms with Crippen molar-refractivity contribution in [3.05, 3.63) is 35.4 Å². The molecule has 0 radical (unpaired) electrons. The number of amides is 2. The van der Waals surface area contributed by atoms with Gasteiger partial charge in [0.05, 0.1) is 48.8 Å². The lowest BCUT2D eigenvalue weighted by Crippen LogP contribution is -2.35. The van der Waals surface area contributed by atoms with Gasteiger partial charge in [-0.3, -0.25) is 19.6 Å². The number of aliphatic hydroxyl groups is 1. The molecule has 222 valence electrons. The Hall–Kier alpha value is -3.89. The maximum atomic E-state index is 13.6. The highest BCUT2D eigenvalue weighted by Gasteiger charge is 2.34. The van der Waals surface area contributed by atoms with E-state index in [1.165, 1.54) is 14.2 Å². The quantitative estimate of drug-likeness (QED) is 0.428. The van der Waals surface area contributed by atoms with Crippen molar-refractivity contribution in [2.24, 2.45) is 9.98 Å². The van der Waals surface area contributed by atoms with Crippen LogP contribution in [0.3, 0.4) is 0 Å². The van der Waals surface area contributed by atoms with Gasteiger partial charge < -0.3 is 38.4 Å². The highest BCUT2D eigenvalue weighted by Crippen LogP contribution is 2.48. The fourth-order valence-corrected chi connectivity index (χ4v) is 6.72. The van der Waals surface area contributed by atoms with Crippen LogP contribution in [0.2, 0.25) is 0 Å². The second-order valence-electron chi connectivity index (χ2n) is 10.8. The van der Waals surface area contributed by atoms with Crippen LogP contribution < -0.4 is 18.9 Å². The van der Waals surface area contributed by atoms with Gasteiger partial charge in [-0.25, -0.2) is 0 Å². The third kappa shape index (κ3) is 5.13. The number of aliphatic imine (C=N–C) groups is 2. The minimum absolute atomic E-state index is 0.0436. The van der Waals surface area contributed by atoms with E-state index in [0.29, 0.717) is 35.6 Å². The summed E-state index contributed by atoms with van der Waals surface area (Å²) < 4.78 is 36.4. The highest BCUT2D eigenvalue weighted by molar-refractivity contribution is 7.63. The van der Waals surface area contributed by atoms with Crippen LogP contribution in [0.5, 0.6) is 23.0 Å². The fraction of sp³-hybridized carbons (Fsp3) is 0.448. The topological polar surface area (TPSA) is 140 Å². The van der Waals surface area contributed by atoms with E-state index in [0.717, 1.165) is 25.7 Å². The first-order valence-electron chi connectivity index (χ1n) is 13.9. The van der Waals surface area contributed by atoms with Crippen molar-refractivity contribution in [1.29, 1.82) is 0 Å². The third-order valence-electron chi connectivity index (χ3n) is 8.08. The Bertz CT molecular complexity index is 1420. The number of hydrogen-bond donors (Lipinski definition) is 1. The molecule has 0 unspecified atom stereocenters. The van der Waals surface area contributed by atoms with E-state index in [9.17, 15) is 19.3 Å². The van der Waals surface area contributed by atoms with Gasteiger partial charge in [0.2, 0.25) is 0 Å². The number of rotatable bonds is 9. The predicted octanol–water partition coefficient (Wildman–Crippen LogP) is 4.03. The van der Waals surface area contributed by atoms with Gasteiger partial charge in [-0.1, -0.05) is 0 Å². The molecule has 0 aromatic heterocycles. The molecule has 1 N–H and O–H groups in total.